The molecular formula is C33H32ClFN6O5. The molecule has 1 atom stereocenters. The van der Waals surface area contributed by atoms with Crippen molar-refractivity contribution in [3.63, 3.8) is 0 Å². The maximum Gasteiger partial charge on any atom is 0.335 e. The number of anilines is 2. The van der Waals surface area contributed by atoms with E-state index in [0.717, 1.165) is 37.2 Å². The van der Waals surface area contributed by atoms with Crippen LogP contribution in [0.5, 0.6) is 0 Å². The number of methoxy groups -OCH3 is 1. The lowest BCUT2D eigenvalue weighted by atomic mass is 9.89. The lowest BCUT2D eigenvalue weighted by molar-refractivity contribution is -0.121. The van der Waals surface area contributed by atoms with Crippen molar-refractivity contribution in [2.75, 3.05) is 37.0 Å². The Morgan fingerprint density at radius 1 is 1.00 bits per heavy atom. The molecule has 2 N–H and O–H groups in total. The van der Waals surface area contributed by atoms with E-state index in [9.17, 15) is 23.9 Å². The van der Waals surface area contributed by atoms with Gasteiger partial charge in [-0.05, 0) is 79.8 Å². The topological polar surface area (TPSA) is 130 Å². The number of rotatable bonds is 7. The van der Waals surface area contributed by atoms with Gasteiger partial charge in [-0.2, -0.15) is 0 Å². The standard InChI is InChI=1S/C33H32ClFN6O5/c1-19-29(37-38-41(19)27-8-4-6-25(34)28(27)35)32(43)40-18-15-23-24(5-3-7-26(23)39-16-13-22(46-2)14-17-39)30(40)31(42)36-21-11-9-20(10-12-21)33(44)45/h3-12,22,30H,13-18H2,1-2H3,(H,36,42)(H,44,45). The number of piperidine rings is 1. The lowest BCUT2D eigenvalue weighted by Gasteiger charge is -2.40. The van der Waals surface area contributed by atoms with Gasteiger partial charge >= 0.3 is 5.97 Å². The fourth-order valence-electron chi connectivity index (χ4n) is 6.23. The number of hydrogen-bond donors (Lipinski definition) is 2. The fraction of sp³-hybridized carbons (Fsp3) is 0.303. The molecule has 0 spiro atoms. The van der Waals surface area contributed by atoms with Crippen LogP contribution in [0, 0.1) is 12.7 Å². The Bertz CT molecular complexity index is 1800. The maximum atomic E-state index is 14.9. The van der Waals surface area contributed by atoms with Crippen molar-refractivity contribution in [1.29, 1.82) is 0 Å². The zero-order valence-corrected chi connectivity index (χ0v) is 26.0. The molecule has 0 radical (unpaired) electrons. The predicted molar refractivity (Wildman–Crippen MR) is 169 cm³/mol. The minimum Gasteiger partial charge on any atom is -0.478 e. The molecule has 3 heterocycles. The summed E-state index contributed by atoms with van der Waals surface area (Å²) >= 11 is 5.99. The molecule has 11 nitrogen and oxygen atoms in total. The van der Waals surface area contributed by atoms with Crippen LogP contribution in [0.15, 0.2) is 60.7 Å². The number of carbonyl (C=O) groups excluding carboxylic acids is 2. The second kappa shape index (κ2) is 12.9. The largest absolute Gasteiger partial charge is 0.478 e. The van der Waals surface area contributed by atoms with E-state index >= 15 is 0 Å². The number of aromatic carboxylic acids is 1. The third-order valence-electron chi connectivity index (χ3n) is 8.68. The van der Waals surface area contributed by atoms with E-state index in [0.29, 0.717) is 17.7 Å². The number of nitrogens with zero attached hydrogens (tertiary/aromatic N) is 5. The molecule has 1 aromatic heterocycles. The van der Waals surface area contributed by atoms with E-state index in [1.807, 2.05) is 18.2 Å². The summed E-state index contributed by atoms with van der Waals surface area (Å²) in [5, 5.41) is 20.2. The molecule has 1 unspecified atom stereocenters. The number of amides is 2. The highest BCUT2D eigenvalue weighted by molar-refractivity contribution is 6.30. The van der Waals surface area contributed by atoms with E-state index in [4.69, 9.17) is 16.3 Å². The van der Waals surface area contributed by atoms with Gasteiger partial charge in [0.05, 0.1) is 22.4 Å². The normalized spacial score (nSPS) is 16.7. The van der Waals surface area contributed by atoms with Crippen LogP contribution in [-0.2, 0) is 16.0 Å². The van der Waals surface area contributed by atoms with Crippen LogP contribution in [0.1, 0.15) is 56.6 Å². The summed E-state index contributed by atoms with van der Waals surface area (Å²) in [6.45, 7) is 3.41. The fourth-order valence-corrected chi connectivity index (χ4v) is 6.40. The zero-order valence-electron chi connectivity index (χ0n) is 25.2. The molecule has 6 rings (SSSR count). The molecule has 13 heteroatoms. The van der Waals surface area contributed by atoms with Crippen molar-refractivity contribution in [3.05, 3.63) is 99.6 Å². The summed E-state index contributed by atoms with van der Waals surface area (Å²) < 4.78 is 21.6. The Morgan fingerprint density at radius 2 is 1.70 bits per heavy atom. The SMILES string of the molecule is COC1CCN(c2cccc3c2CCN(C(=O)c2nnn(-c4cccc(Cl)c4F)c2C)C3C(=O)Nc2ccc(C(=O)O)cc2)CC1. The maximum absolute atomic E-state index is 14.9. The summed E-state index contributed by atoms with van der Waals surface area (Å²) in [6.07, 6.45) is 2.45. The third kappa shape index (κ3) is 5.81. The van der Waals surface area contributed by atoms with Gasteiger partial charge in [0.25, 0.3) is 11.8 Å². The Labute approximate surface area is 269 Å². The van der Waals surface area contributed by atoms with Crippen LogP contribution >= 0.6 is 11.6 Å². The molecule has 2 aliphatic rings. The number of hydrogen-bond acceptors (Lipinski definition) is 7. The first kappa shape index (κ1) is 31.2. The van der Waals surface area contributed by atoms with Crippen molar-refractivity contribution in [3.8, 4) is 5.69 Å². The Hall–Kier alpha value is -4.81. The van der Waals surface area contributed by atoms with Gasteiger partial charge < -0.3 is 25.0 Å². The number of carboxylic acid groups (broad SMARTS) is 1. The first-order valence-corrected chi connectivity index (χ1v) is 15.3. The number of fused-ring (bicyclic) bond motifs is 1. The number of ether oxygens (including phenoxy) is 1. The molecule has 1 saturated heterocycles. The average molecular weight is 647 g/mol. The summed E-state index contributed by atoms with van der Waals surface area (Å²) in [6, 6.07) is 15.0. The first-order chi connectivity index (χ1) is 22.2. The molecule has 0 saturated carbocycles. The van der Waals surface area contributed by atoms with Crippen molar-refractivity contribution in [1.82, 2.24) is 19.9 Å². The lowest BCUT2D eigenvalue weighted by Crippen LogP contribution is -2.46. The van der Waals surface area contributed by atoms with Gasteiger partial charge in [-0.3, -0.25) is 9.59 Å². The van der Waals surface area contributed by atoms with Crippen LogP contribution in [0.2, 0.25) is 5.02 Å². The van der Waals surface area contributed by atoms with Gasteiger partial charge in [0, 0.05) is 38.1 Å². The van der Waals surface area contributed by atoms with Crippen molar-refractivity contribution in [2.24, 2.45) is 0 Å². The van der Waals surface area contributed by atoms with Crippen LogP contribution in [0.25, 0.3) is 5.69 Å². The number of nitrogens with one attached hydrogen (secondary N) is 1. The molecule has 2 amide bonds. The van der Waals surface area contributed by atoms with Gasteiger partial charge in [0.15, 0.2) is 11.5 Å². The highest BCUT2D eigenvalue weighted by Crippen LogP contribution is 2.38. The predicted octanol–water partition coefficient (Wildman–Crippen LogP) is 5.06. The highest BCUT2D eigenvalue weighted by atomic mass is 35.5. The van der Waals surface area contributed by atoms with Gasteiger partial charge in [-0.1, -0.05) is 35.0 Å². The number of halogens is 2. The van der Waals surface area contributed by atoms with Gasteiger partial charge in [-0.15, -0.1) is 5.10 Å². The Balaban J connectivity index is 1.37. The van der Waals surface area contributed by atoms with Crippen LogP contribution in [0.4, 0.5) is 15.8 Å². The number of carbonyl (C=O) groups is 3. The second-order valence-electron chi connectivity index (χ2n) is 11.3. The van der Waals surface area contributed by atoms with Crippen molar-refractivity contribution < 1.29 is 28.6 Å². The van der Waals surface area contributed by atoms with E-state index in [2.05, 4.69) is 20.5 Å². The third-order valence-corrected chi connectivity index (χ3v) is 8.97. The Kier molecular flexibility index (Phi) is 8.74. The minimum absolute atomic E-state index is 0.0239. The van der Waals surface area contributed by atoms with Crippen molar-refractivity contribution >= 4 is 40.8 Å². The number of carboxylic acids is 1. The summed E-state index contributed by atoms with van der Waals surface area (Å²) in [5.74, 6) is -2.79. The summed E-state index contributed by atoms with van der Waals surface area (Å²) in [7, 11) is 1.72. The molecule has 238 valence electrons. The highest BCUT2D eigenvalue weighted by Gasteiger charge is 2.39. The molecular weight excluding hydrogens is 615 g/mol. The quantitative estimate of drug-likeness (QED) is 0.285. The van der Waals surface area contributed by atoms with Crippen LogP contribution < -0.4 is 10.2 Å². The molecule has 4 aromatic rings. The molecule has 0 aliphatic carbocycles. The molecule has 3 aromatic carbocycles. The first-order valence-electron chi connectivity index (χ1n) is 14.9. The van der Waals surface area contributed by atoms with Gasteiger partial charge in [0.2, 0.25) is 0 Å². The molecule has 46 heavy (non-hydrogen) atoms. The van der Waals surface area contributed by atoms with Gasteiger partial charge in [-0.25, -0.2) is 13.9 Å². The Morgan fingerprint density at radius 3 is 2.39 bits per heavy atom. The van der Waals surface area contributed by atoms with E-state index in [1.165, 1.54) is 46.0 Å². The average Bonchev–Trinajstić information content (AvgIpc) is 3.45. The molecule has 1 fully saturated rings. The zero-order chi connectivity index (χ0) is 32.5. The number of aromatic nitrogens is 3. The summed E-state index contributed by atoms with van der Waals surface area (Å²) in [4.78, 5) is 43.4. The molecule has 0 bridgehead atoms. The summed E-state index contributed by atoms with van der Waals surface area (Å²) in [5.41, 5.74) is 3.43. The minimum atomic E-state index is -1.08. The van der Waals surface area contributed by atoms with Crippen LogP contribution in [-0.4, -0.2) is 75.6 Å². The van der Waals surface area contributed by atoms with Gasteiger partial charge in [0.1, 0.15) is 11.7 Å². The van der Waals surface area contributed by atoms with Crippen LogP contribution in [0.3, 0.4) is 0 Å². The molecule has 2 aliphatic heterocycles. The monoisotopic (exact) mass is 646 g/mol. The smallest absolute Gasteiger partial charge is 0.335 e. The second-order valence-corrected chi connectivity index (χ2v) is 11.7. The van der Waals surface area contributed by atoms with E-state index in [-0.39, 0.29) is 40.3 Å². The van der Waals surface area contributed by atoms with E-state index < -0.39 is 29.6 Å². The van der Waals surface area contributed by atoms with E-state index in [1.54, 1.807) is 20.1 Å². The number of benzene rings is 3. The van der Waals surface area contributed by atoms with Crippen molar-refractivity contribution in [2.45, 2.75) is 38.3 Å².